The van der Waals surface area contributed by atoms with Gasteiger partial charge in [-0.1, -0.05) is 13.8 Å². The zero-order valence-corrected chi connectivity index (χ0v) is 11.9. The summed E-state index contributed by atoms with van der Waals surface area (Å²) in [5.74, 6) is 0.0901. The van der Waals surface area contributed by atoms with Crippen LogP contribution in [-0.2, 0) is 6.18 Å². The van der Waals surface area contributed by atoms with Crippen molar-refractivity contribution in [3.05, 3.63) is 23.4 Å². The minimum atomic E-state index is -4.52. The van der Waals surface area contributed by atoms with E-state index >= 15 is 0 Å². The molecule has 1 fully saturated rings. The van der Waals surface area contributed by atoms with Gasteiger partial charge in [-0.3, -0.25) is 0 Å². The first-order chi connectivity index (χ1) is 9.65. The van der Waals surface area contributed by atoms with Crippen LogP contribution in [0.25, 0.3) is 0 Å². The minimum absolute atomic E-state index is 0.0231. The van der Waals surface area contributed by atoms with Crippen LogP contribution in [-0.4, -0.2) is 24.1 Å². The highest BCUT2D eigenvalue weighted by Gasteiger charge is 2.37. The normalized spacial score (nSPS) is 22.0. The molecule has 0 bridgehead atoms. The van der Waals surface area contributed by atoms with Crippen LogP contribution in [0, 0.1) is 16.7 Å². The van der Waals surface area contributed by atoms with Crippen LogP contribution >= 0.6 is 0 Å². The fraction of sp³-hybridized carbons (Fsp3) is 0.571. The van der Waals surface area contributed by atoms with Crippen molar-refractivity contribution in [3.63, 3.8) is 0 Å². The van der Waals surface area contributed by atoms with E-state index in [9.17, 15) is 13.2 Å². The number of halogens is 3. The topological polar surface area (TPSA) is 65.9 Å². The first kappa shape index (κ1) is 15.6. The molecule has 2 N–H and O–H groups in total. The van der Waals surface area contributed by atoms with Gasteiger partial charge in [0.05, 0.1) is 5.56 Å². The summed E-state index contributed by atoms with van der Waals surface area (Å²) in [4.78, 5) is 5.39. The highest BCUT2D eigenvalue weighted by molar-refractivity contribution is 5.55. The number of aromatic nitrogens is 1. The van der Waals surface area contributed by atoms with Gasteiger partial charge >= 0.3 is 6.18 Å². The molecule has 1 unspecified atom stereocenters. The molecular formula is C14H17F3N4. The predicted molar refractivity (Wildman–Crippen MR) is 72.5 cm³/mol. The van der Waals surface area contributed by atoms with Crippen LogP contribution in [0.3, 0.4) is 0 Å². The van der Waals surface area contributed by atoms with Crippen LogP contribution in [0.1, 0.15) is 31.5 Å². The number of hydrogen-bond acceptors (Lipinski definition) is 4. The quantitative estimate of drug-likeness (QED) is 0.865. The zero-order valence-electron chi connectivity index (χ0n) is 11.9. The third kappa shape index (κ3) is 3.10. The van der Waals surface area contributed by atoms with E-state index in [-0.39, 0.29) is 22.8 Å². The number of piperidine rings is 1. The molecule has 1 aliphatic heterocycles. The van der Waals surface area contributed by atoms with Crippen LogP contribution in [0.4, 0.5) is 19.0 Å². The lowest BCUT2D eigenvalue weighted by Gasteiger charge is -2.43. The lowest BCUT2D eigenvalue weighted by Crippen LogP contribution is -2.53. The zero-order chi connectivity index (χ0) is 15.8. The van der Waals surface area contributed by atoms with E-state index in [1.165, 1.54) is 6.07 Å². The highest BCUT2D eigenvalue weighted by atomic mass is 19.4. The molecule has 4 nitrogen and oxygen atoms in total. The summed E-state index contributed by atoms with van der Waals surface area (Å²) >= 11 is 0. The molecule has 1 aromatic heterocycles. The Balaban J connectivity index is 2.41. The Kier molecular flexibility index (Phi) is 3.85. The van der Waals surface area contributed by atoms with Crippen molar-refractivity contribution in [1.82, 2.24) is 4.98 Å². The van der Waals surface area contributed by atoms with Gasteiger partial charge < -0.3 is 10.6 Å². The van der Waals surface area contributed by atoms with Crippen molar-refractivity contribution in [2.75, 3.05) is 18.0 Å². The molecule has 1 atom stereocenters. The number of nitrogens with zero attached hydrogens (tertiary/aromatic N) is 3. The summed E-state index contributed by atoms with van der Waals surface area (Å²) < 4.78 is 38.4. The van der Waals surface area contributed by atoms with Gasteiger partial charge in [-0.15, -0.1) is 0 Å². The molecule has 114 valence electrons. The average molecular weight is 298 g/mol. The van der Waals surface area contributed by atoms with Gasteiger partial charge in [0.1, 0.15) is 17.6 Å². The first-order valence-electron chi connectivity index (χ1n) is 6.64. The van der Waals surface area contributed by atoms with Gasteiger partial charge in [0.15, 0.2) is 0 Å². The molecular weight excluding hydrogens is 281 g/mol. The van der Waals surface area contributed by atoms with E-state index < -0.39 is 11.9 Å². The summed E-state index contributed by atoms with van der Waals surface area (Å²) in [6.45, 7) is 4.89. The van der Waals surface area contributed by atoms with Crippen LogP contribution in [0.15, 0.2) is 12.1 Å². The summed E-state index contributed by atoms with van der Waals surface area (Å²) in [6.07, 6.45) is -3.87. The number of alkyl halides is 3. The Hall–Kier alpha value is -1.81. The molecule has 0 aliphatic carbocycles. The van der Waals surface area contributed by atoms with Crippen molar-refractivity contribution >= 4 is 5.82 Å². The number of rotatable bonds is 1. The van der Waals surface area contributed by atoms with Crippen molar-refractivity contribution in [1.29, 1.82) is 5.26 Å². The maximum atomic E-state index is 12.8. The lowest BCUT2D eigenvalue weighted by molar-refractivity contribution is -0.141. The maximum absolute atomic E-state index is 12.8. The number of nitriles is 1. The minimum Gasteiger partial charge on any atom is -0.355 e. The van der Waals surface area contributed by atoms with Gasteiger partial charge in [0.2, 0.25) is 0 Å². The van der Waals surface area contributed by atoms with Crippen LogP contribution < -0.4 is 10.6 Å². The lowest BCUT2D eigenvalue weighted by atomic mass is 9.79. The van der Waals surface area contributed by atoms with E-state index in [2.05, 4.69) is 4.98 Å². The van der Waals surface area contributed by atoms with E-state index in [0.29, 0.717) is 19.5 Å². The van der Waals surface area contributed by atoms with E-state index in [1.54, 1.807) is 4.90 Å². The van der Waals surface area contributed by atoms with Gasteiger partial charge in [-0.25, -0.2) is 4.98 Å². The largest absolute Gasteiger partial charge is 0.433 e. The standard InChI is InChI=1S/C14H17F3N4/c1-13(2)8-21(6-5-10(13)19)12-9(7-18)3-4-11(20-12)14(15,16)17/h3-4,10H,5-6,8,19H2,1-2H3. The van der Waals surface area contributed by atoms with Gasteiger partial charge in [0.25, 0.3) is 0 Å². The van der Waals surface area contributed by atoms with Crippen molar-refractivity contribution in [2.24, 2.45) is 11.1 Å². The predicted octanol–water partition coefficient (Wildman–Crippen LogP) is 2.54. The molecule has 0 aromatic carbocycles. The number of pyridine rings is 1. The third-order valence-electron chi connectivity index (χ3n) is 3.90. The molecule has 7 heteroatoms. The smallest absolute Gasteiger partial charge is 0.355 e. The molecule has 1 aromatic rings. The summed E-state index contributed by atoms with van der Waals surface area (Å²) in [7, 11) is 0. The van der Waals surface area contributed by atoms with E-state index in [0.717, 1.165) is 6.07 Å². The van der Waals surface area contributed by atoms with Crippen molar-refractivity contribution in [2.45, 2.75) is 32.5 Å². The molecule has 1 aliphatic rings. The number of hydrogen-bond donors (Lipinski definition) is 1. The second-order valence-corrected chi connectivity index (χ2v) is 5.98. The molecule has 0 amide bonds. The van der Waals surface area contributed by atoms with Crippen LogP contribution in [0.2, 0.25) is 0 Å². The maximum Gasteiger partial charge on any atom is 0.433 e. The van der Waals surface area contributed by atoms with Gasteiger partial charge in [-0.2, -0.15) is 18.4 Å². The molecule has 21 heavy (non-hydrogen) atoms. The monoisotopic (exact) mass is 298 g/mol. The molecule has 2 heterocycles. The van der Waals surface area contributed by atoms with Crippen molar-refractivity contribution < 1.29 is 13.2 Å². The fourth-order valence-corrected chi connectivity index (χ4v) is 2.49. The second kappa shape index (κ2) is 5.19. The Morgan fingerprint density at radius 3 is 2.62 bits per heavy atom. The molecule has 2 rings (SSSR count). The summed E-state index contributed by atoms with van der Waals surface area (Å²) in [5, 5.41) is 9.10. The van der Waals surface area contributed by atoms with E-state index in [4.69, 9.17) is 11.0 Å². The Labute approximate surface area is 121 Å². The average Bonchev–Trinajstić information content (AvgIpc) is 2.40. The number of nitrogens with two attached hydrogens (primary N) is 1. The van der Waals surface area contributed by atoms with Crippen LogP contribution in [0.5, 0.6) is 0 Å². The molecule has 0 spiro atoms. The first-order valence-corrected chi connectivity index (χ1v) is 6.64. The Morgan fingerprint density at radius 2 is 2.10 bits per heavy atom. The molecule has 1 saturated heterocycles. The van der Waals surface area contributed by atoms with Gasteiger partial charge in [-0.05, 0) is 24.0 Å². The molecule has 0 radical (unpaired) electrons. The summed E-state index contributed by atoms with van der Waals surface area (Å²) in [6, 6.07) is 3.89. The third-order valence-corrected chi connectivity index (χ3v) is 3.90. The Bertz CT molecular complexity index is 575. The van der Waals surface area contributed by atoms with Gasteiger partial charge in [0, 0.05) is 19.1 Å². The Morgan fingerprint density at radius 1 is 1.43 bits per heavy atom. The fourth-order valence-electron chi connectivity index (χ4n) is 2.49. The number of anilines is 1. The van der Waals surface area contributed by atoms with E-state index in [1.807, 2.05) is 19.9 Å². The molecule has 0 saturated carbocycles. The second-order valence-electron chi connectivity index (χ2n) is 5.98. The van der Waals surface area contributed by atoms with Crippen molar-refractivity contribution in [3.8, 4) is 6.07 Å². The summed E-state index contributed by atoms with van der Waals surface area (Å²) in [5.41, 5.74) is 4.95. The SMILES string of the molecule is CC1(C)CN(c2nc(C(F)(F)F)ccc2C#N)CCC1N. The highest BCUT2D eigenvalue weighted by Crippen LogP contribution is 2.34.